The normalized spacial score (nSPS) is 22.0. The van der Waals surface area contributed by atoms with Crippen molar-refractivity contribution in [3.05, 3.63) is 35.4 Å². The lowest BCUT2D eigenvalue weighted by Crippen LogP contribution is -2.33. The number of hydrogen-bond donors (Lipinski definition) is 1. The quantitative estimate of drug-likeness (QED) is 0.760. The van der Waals surface area contributed by atoms with E-state index in [-0.39, 0.29) is 0 Å². The van der Waals surface area contributed by atoms with E-state index in [1.165, 1.54) is 30.4 Å². The van der Waals surface area contributed by atoms with E-state index in [0.29, 0.717) is 17.9 Å². The van der Waals surface area contributed by atoms with Gasteiger partial charge in [-0.2, -0.15) is 0 Å². The van der Waals surface area contributed by atoms with Gasteiger partial charge >= 0.3 is 0 Å². The molecule has 2 unspecified atom stereocenters. The van der Waals surface area contributed by atoms with Crippen LogP contribution in [0.25, 0.3) is 0 Å². The molecule has 0 heterocycles. The summed E-state index contributed by atoms with van der Waals surface area (Å²) in [4.78, 5) is 0. The molecule has 112 valence electrons. The second kappa shape index (κ2) is 7.80. The number of ether oxygens (including phenoxy) is 1. The molecule has 0 fully saturated rings. The van der Waals surface area contributed by atoms with Crippen LogP contribution in [0.5, 0.6) is 0 Å². The van der Waals surface area contributed by atoms with Crippen molar-refractivity contribution in [2.75, 3.05) is 19.8 Å². The fourth-order valence-electron chi connectivity index (χ4n) is 3.19. The van der Waals surface area contributed by atoms with Crippen LogP contribution in [0.2, 0.25) is 0 Å². The molecule has 0 radical (unpaired) electrons. The summed E-state index contributed by atoms with van der Waals surface area (Å²) in [6.45, 7) is 9.42. The topological polar surface area (TPSA) is 21.3 Å². The van der Waals surface area contributed by atoms with E-state index in [2.05, 4.69) is 50.4 Å². The summed E-state index contributed by atoms with van der Waals surface area (Å²) in [6.07, 6.45) is 3.66. The van der Waals surface area contributed by atoms with Gasteiger partial charge in [0.2, 0.25) is 0 Å². The maximum absolute atomic E-state index is 5.78. The summed E-state index contributed by atoms with van der Waals surface area (Å²) < 4.78 is 5.78. The molecular weight excluding hydrogens is 246 g/mol. The molecule has 0 saturated heterocycles. The summed E-state index contributed by atoms with van der Waals surface area (Å²) in [5.74, 6) is 1.34. The molecule has 2 rings (SSSR count). The number of rotatable bonds is 7. The van der Waals surface area contributed by atoms with Gasteiger partial charge in [0.1, 0.15) is 0 Å². The van der Waals surface area contributed by atoms with Crippen LogP contribution >= 0.6 is 0 Å². The molecule has 0 aromatic heterocycles. The minimum absolute atomic E-state index is 0.507. The predicted octanol–water partition coefficient (Wildman–Crippen LogP) is 3.96. The van der Waals surface area contributed by atoms with Crippen LogP contribution in [-0.2, 0) is 11.2 Å². The van der Waals surface area contributed by atoms with Crippen LogP contribution in [0.3, 0.4) is 0 Å². The summed E-state index contributed by atoms with van der Waals surface area (Å²) in [6, 6.07) is 9.41. The smallest absolute Gasteiger partial charge is 0.0488 e. The number of hydrogen-bond acceptors (Lipinski definition) is 2. The van der Waals surface area contributed by atoms with Crippen molar-refractivity contribution >= 4 is 0 Å². The highest BCUT2D eigenvalue weighted by atomic mass is 16.5. The number of fused-ring (bicyclic) bond motifs is 1. The maximum Gasteiger partial charge on any atom is 0.0488 e. The number of aryl methyl sites for hydroxylation is 1. The van der Waals surface area contributed by atoms with Crippen LogP contribution in [-0.4, -0.2) is 19.8 Å². The minimum Gasteiger partial charge on any atom is -0.381 e. The summed E-state index contributed by atoms with van der Waals surface area (Å²) in [7, 11) is 0. The molecule has 1 aromatic rings. The average Bonchev–Trinajstić information content (AvgIpc) is 2.45. The first-order valence-corrected chi connectivity index (χ1v) is 8.11. The third-order valence-corrected chi connectivity index (χ3v) is 4.15. The highest BCUT2D eigenvalue weighted by Gasteiger charge is 2.28. The molecule has 0 spiro atoms. The van der Waals surface area contributed by atoms with Gasteiger partial charge in [-0.3, -0.25) is 0 Å². The molecular formula is C18H29NO. The Bertz CT molecular complexity index is 402. The Kier molecular flexibility index (Phi) is 6.06. The van der Waals surface area contributed by atoms with Crippen molar-refractivity contribution in [1.82, 2.24) is 5.32 Å². The molecule has 20 heavy (non-hydrogen) atoms. The SMILES string of the molecule is CCNC1c2ccccc2CCC1CCOCC(C)C. The van der Waals surface area contributed by atoms with Crippen LogP contribution in [0.15, 0.2) is 24.3 Å². The third kappa shape index (κ3) is 4.07. The van der Waals surface area contributed by atoms with Gasteiger partial charge in [0.05, 0.1) is 0 Å². The van der Waals surface area contributed by atoms with Gasteiger partial charge in [-0.1, -0.05) is 45.0 Å². The molecule has 0 bridgehead atoms. The molecule has 1 aliphatic carbocycles. The Hall–Kier alpha value is -0.860. The molecule has 1 aliphatic rings. The zero-order chi connectivity index (χ0) is 14.4. The van der Waals surface area contributed by atoms with Gasteiger partial charge in [-0.15, -0.1) is 0 Å². The monoisotopic (exact) mass is 275 g/mol. The Labute approximate surface area is 123 Å². The van der Waals surface area contributed by atoms with Gasteiger partial charge < -0.3 is 10.1 Å². The van der Waals surface area contributed by atoms with Crippen molar-refractivity contribution in [3.8, 4) is 0 Å². The average molecular weight is 275 g/mol. The van der Waals surface area contributed by atoms with E-state index in [4.69, 9.17) is 4.74 Å². The number of benzene rings is 1. The lowest BCUT2D eigenvalue weighted by molar-refractivity contribution is 0.0904. The zero-order valence-corrected chi connectivity index (χ0v) is 13.2. The van der Waals surface area contributed by atoms with Gasteiger partial charge in [0.25, 0.3) is 0 Å². The van der Waals surface area contributed by atoms with Crippen LogP contribution in [0, 0.1) is 11.8 Å². The highest BCUT2D eigenvalue weighted by molar-refractivity contribution is 5.33. The van der Waals surface area contributed by atoms with E-state index in [9.17, 15) is 0 Å². The van der Waals surface area contributed by atoms with E-state index in [1.54, 1.807) is 0 Å². The molecule has 2 atom stereocenters. The first kappa shape index (κ1) is 15.5. The van der Waals surface area contributed by atoms with E-state index >= 15 is 0 Å². The van der Waals surface area contributed by atoms with Gasteiger partial charge in [0, 0.05) is 19.3 Å². The lowest BCUT2D eigenvalue weighted by atomic mass is 9.78. The Morgan fingerprint density at radius 3 is 2.85 bits per heavy atom. The third-order valence-electron chi connectivity index (χ3n) is 4.15. The van der Waals surface area contributed by atoms with Crippen molar-refractivity contribution in [2.24, 2.45) is 11.8 Å². The highest BCUT2D eigenvalue weighted by Crippen LogP contribution is 2.36. The molecule has 1 N–H and O–H groups in total. The summed E-state index contributed by atoms with van der Waals surface area (Å²) in [5, 5.41) is 3.68. The molecule has 2 nitrogen and oxygen atoms in total. The Morgan fingerprint density at radius 2 is 2.10 bits per heavy atom. The van der Waals surface area contributed by atoms with Gasteiger partial charge in [-0.05, 0) is 48.8 Å². The predicted molar refractivity (Wildman–Crippen MR) is 84.9 cm³/mol. The molecule has 0 amide bonds. The van der Waals surface area contributed by atoms with Crippen LogP contribution in [0.4, 0.5) is 0 Å². The van der Waals surface area contributed by atoms with E-state index in [0.717, 1.165) is 19.8 Å². The van der Waals surface area contributed by atoms with E-state index in [1.807, 2.05) is 0 Å². The Balaban J connectivity index is 1.95. The molecule has 2 heteroatoms. The molecule has 0 saturated carbocycles. The van der Waals surface area contributed by atoms with Crippen LogP contribution in [0.1, 0.15) is 50.8 Å². The first-order chi connectivity index (χ1) is 9.72. The second-order valence-electron chi connectivity index (χ2n) is 6.29. The Morgan fingerprint density at radius 1 is 1.30 bits per heavy atom. The minimum atomic E-state index is 0.507. The van der Waals surface area contributed by atoms with Gasteiger partial charge in [-0.25, -0.2) is 0 Å². The zero-order valence-electron chi connectivity index (χ0n) is 13.2. The number of nitrogens with one attached hydrogen (secondary N) is 1. The van der Waals surface area contributed by atoms with E-state index < -0.39 is 0 Å². The second-order valence-corrected chi connectivity index (χ2v) is 6.29. The standard InChI is InChI=1S/C18H29NO/c1-4-19-18-16(11-12-20-13-14(2)3)10-9-15-7-5-6-8-17(15)18/h5-8,14,16,18-19H,4,9-13H2,1-3H3. The maximum atomic E-state index is 5.78. The summed E-state index contributed by atoms with van der Waals surface area (Å²) >= 11 is 0. The van der Waals surface area contributed by atoms with Crippen molar-refractivity contribution < 1.29 is 4.74 Å². The fourth-order valence-corrected chi connectivity index (χ4v) is 3.19. The lowest BCUT2D eigenvalue weighted by Gasteiger charge is -2.34. The van der Waals surface area contributed by atoms with Gasteiger partial charge in [0.15, 0.2) is 0 Å². The summed E-state index contributed by atoms with van der Waals surface area (Å²) in [5.41, 5.74) is 3.03. The van der Waals surface area contributed by atoms with Crippen molar-refractivity contribution in [3.63, 3.8) is 0 Å². The van der Waals surface area contributed by atoms with Crippen molar-refractivity contribution in [1.29, 1.82) is 0 Å². The fraction of sp³-hybridized carbons (Fsp3) is 0.667. The van der Waals surface area contributed by atoms with Crippen LogP contribution < -0.4 is 5.32 Å². The van der Waals surface area contributed by atoms with Crippen molar-refractivity contribution in [2.45, 2.75) is 46.1 Å². The molecule has 1 aromatic carbocycles. The first-order valence-electron chi connectivity index (χ1n) is 8.11. The largest absolute Gasteiger partial charge is 0.381 e. The molecule has 0 aliphatic heterocycles.